The summed E-state index contributed by atoms with van der Waals surface area (Å²) in [4.78, 5) is 11.8. The normalized spacial score (nSPS) is 13.4. The summed E-state index contributed by atoms with van der Waals surface area (Å²) in [7, 11) is -3.09. The van der Waals surface area contributed by atoms with Crippen molar-refractivity contribution in [3.05, 3.63) is 34.9 Å². The minimum Gasteiger partial charge on any atom is -0.321 e. The molecule has 0 fully saturated rings. The van der Waals surface area contributed by atoms with Gasteiger partial charge in [-0.05, 0) is 30.7 Å². The Morgan fingerprint density at radius 2 is 1.88 bits per heavy atom. The Labute approximate surface area is 106 Å². The first-order valence-electron chi connectivity index (χ1n) is 5.02. The zero-order chi connectivity index (χ0) is 13.1. The van der Waals surface area contributed by atoms with Crippen molar-refractivity contribution in [3.63, 3.8) is 0 Å². The second kappa shape index (κ2) is 5.62. The predicted molar refractivity (Wildman–Crippen MR) is 68.1 cm³/mol. The van der Waals surface area contributed by atoms with E-state index in [1.807, 2.05) is 0 Å². The zero-order valence-electron chi connectivity index (χ0n) is 9.39. The summed E-state index contributed by atoms with van der Waals surface area (Å²) in [6.07, 6.45) is 1.24. The molecule has 1 aromatic rings. The Kier molecular flexibility index (Phi) is 4.68. The first kappa shape index (κ1) is 14.2. The van der Waals surface area contributed by atoms with Gasteiger partial charge >= 0.3 is 0 Å². The molecule has 0 heterocycles. The quantitative estimate of drug-likeness (QED) is 0.822. The Balaban J connectivity index is 2.67. The lowest BCUT2D eigenvalue weighted by Crippen LogP contribution is -2.32. The first-order chi connectivity index (χ1) is 7.79. The number of sulfone groups is 1. The molecule has 0 bridgehead atoms. The Bertz CT molecular complexity index is 496. The van der Waals surface area contributed by atoms with Gasteiger partial charge in [-0.15, -0.1) is 0 Å². The van der Waals surface area contributed by atoms with Gasteiger partial charge in [-0.3, -0.25) is 4.79 Å². The number of rotatable bonds is 5. The lowest BCUT2D eigenvalue weighted by atomic mass is 10.0. The number of hydrogen-bond donors (Lipinski definition) is 1. The van der Waals surface area contributed by atoms with Crippen LogP contribution in [-0.4, -0.2) is 32.3 Å². The van der Waals surface area contributed by atoms with E-state index in [9.17, 15) is 13.2 Å². The summed E-state index contributed by atoms with van der Waals surface area (Å²) in [5, 5.41) is 0.534. The van der Waals surface area contributed by atoms with Crippen molar-refractivity contribution in [2.75, 3.05) is 12.0 Å². The Morgan fingerprint density at radius 1 is 1.35 bits per heavy atom. The average Bonchev–Trinajstić information content (AvgIpc) is 2.25. The van der Waals surface area contributed by atoms with Gasteiger partial charge in [0.05, 0.1) is 11.8 Å². The van der Waals surface area contributed by atoms with Crippen LogP contribution in [0.3, 0.4) is 0 Å². The van der Waals surface area contributed by atoms with Gasteiger partial charge in [0.1, 0.15) is 9.84 Å². The molecule has 1 atom stereocenters. The summed E-state index contributed by atoms with van der Waals surface area (Å²) in [5.41, 5.74) is 6.09. The van der Waals surface area contributed by atoms with Crippen molar-refractivity contribution in [2.45, 2.75) is 12.5 Å². The smallest absolute Gasteiger partial charge is 0.179 e. The molecule has 0 saturated carbocycles. The van der Waals surface area contributed by atoms with Crippen molar-refractivity contribution in [1.29, 1.82) is 0 Å². The van der Waals surface area contributed by atoms with Crippen LogP contribution < -0.4 is 5.73 Å². The minimum absolute atomic E-state index is 0.0898. The van der Waals surface area contributed by atoms with Crippen LogP contribution in [0.15, 0.2) is 24.3 Å². The van der Waals surface area contributed by atoms with Crippen molar-refractivity contribution in [3.8, 4) is 0 Å². The van der Waals surface area contributed by atoms with Crippen LogP contribution in [0, 0.1) is 0 Å². The molecule has 1 unspecified atom stereocenters. The molecular weight excluding hydrogens is 262 g/mol. The van der Waals surface area contributed by atoms with Crippen LogP contribution in [0.1, 0.15) is 16.8 Å². The second-order valence-electron chi connectivity index (χ2n) is 3.90. The third-order valence-electron chi connectivity index (χ3n) is 2.27. The van der Waals surface area contributed by atoms with Crippen LogP contribution in [0.25, 0.3) is 0 Å². The lowest BCUT2D eigenvalue weighted by Gasteiger charge is -2.09. The molecule has 0 aromatic heterocycles. The number of ketones is 1. The summed E-state index contributed by atoms with van der Waals surface area (Å²) in [6.45, 7) is 0. The fourth-order valence-corrected chi connectivity index (χ4v) is 2.11. The van der Waals surface area contributed by atoms with Gasteiger partial charge in [0.15, 0.2) is 5.78 Å². The molecular formula is C11H14ClNO3S. The van der Waals surface area contributed by atoms with E-state index in [1.54, 1.807) is 24.3 Å². The fraction of sp³-hybridized carbons (Fsp3) is 0.364. The van der Waals surface area contributed by atoms with Gasteiger partial charge in [-0.2, -0.15) is 0 Å². The molecule has 0 aliphatic heterocycles. The van der Waals surface area contributed by atoms with Crippen LogP contribution >= 0.6 is 11.6 Å². The lowest BCUT2D eigenvalue weighted by molar-refractivity contribution is 0.0960. The Hall–Kier alpha value is -0.910. The van der Waals surface area contributed by atoms with Crippen LogP contribution in [-0.2, 0) is 9.84 Å². The third-order valence-corrected chi connectivity index (χ3v) is 3.49. The largest absolute Gasteiger partial charge is 0.321 e. The summed E-state index contributed by atoms with van der Waals surface area (Å²) in [5.74, 6) is -0.363. The highest BCUT2D eigenvalue weighted by Gasteiger charge is 2.17. The topological polar surface area (TPSA) is 77.2 Å². The van der Waals surface area contributed by atoms with E-state index in [4.69, 9.17) is 17.3 Å². The van der Waals surface area contributed by atoms with Crippen LogP contribution in [0.4, 0.5) is 0 Å². The predicted octanol–water partition coefficient (Wildman–Crippen LogP) is 1.28. The summed E-state index contributed by atoms with van der Waals surface area (Å²) >= 11 is 5.70. The number of halogens is 1. The van der Waals surface area contributed by atoms with Gasteiger partial charge in [0.25, 0.3) is 0 Å². The maximum atomic E-state index is 11.8. The van der Waals surface area contributed by atoms with E-state index < -0.39 is 15.9 Å². The van der Waals surface area contributed by atoms with E-state index in [2.05, 4.69) is 0 Å². The molecule has 0 saturated heterocycles. The van der Waals surface area contributed by atoms with Gasteiger partial charge in [-0.1, -0.05) is 11.6 Å². The van der Waals surface area contributed by atoms with E-state index in [-0.39, 0.29) is 18.0 Å². The van der Waals surface area contributed by atoms with Crippen molar-refractivity contribution in [1.82, 2.24) is 0 Å². The van der Waals surface area contributed by atoms with E-state index in [1.165, 1.54) is 0 Å². The molecule has 2 N–H and O–H groups in total. The van der Waals surface area contributed by atoms with E-state index >= 15 is 0 Å². The number of hydrogen-bond acceptors (Lipinski definition) is 4. The summed E-state index contributed by atoms with van der Waals surface area (Å²) < 4.78 is 21.9. The fourth-order valence-electron chi connectivity index (χ4n) is 1.30. The maximum absolute atomic E-state index is 11.8. The van der Waals surface area contributed by atoms with Crippen LogP contribution in [0.2, 0.25) is 5.02 Å². The van der Waals surface area contributed by atoms with Gasteiger partial charge < -0.3 is 5.73 Å². The first-order valence-corrected chi connectivity index (χ1v) is 7.46. The Morgan fingerprint density at radius 3 is 2.35 bits per heavy atom. The SMILES string of the molecule is CS(=O)(=O)CCC(N)C(=O)c1ccc(Cl)cc1. The average molecular weight is 276 g/mol. The van der Waals surface area contributed by atoms with Gasteiger partial charge in [0, 0.05) is 16.8 Å². The number of benzene rings is 1. The summed E-state index contributed by atoms with van der Waals surface area (Å²) in [6, 6.07) is 5.54. The number of nitrogens with two attached hydrogens (primary N) is 1. The number of carbonyl (C=O) groups is 1. The van der Waals surface area contributed by atoms with E-state index in [0.717, 1.165) is 6.26 Å². The molecule has 0 aliphatic rings. The molecule has 0 aliphatic carbocycles. The molecule has 94 valence electrons. The molecule has 6 heteroatoms. The zero-order valence-corrected chi connectivity index (χ0v) is 11.0. The van der Waals surface area contributed by atoms with Crippen molar-refractivity contribution >= 4 is 27.2 Å². The van der Waals surface area contributed by atoms with Gasteiger partial charge in [-0.25, -0.2) is 8.42 Å². The van der Waals surface area contributed by atoms with E-state index in [0.29, 0.717) is 10.6 Å². The molecule has 1 rings (SSSR count). The number of carbonyl (C=O) groups excluding carboxylic acids is 1. The molecule has 1 aromatic carbocycles. The second-order valence-corrected chi connectivity index (χ2v) is 6.59. The maximum Gasteiger partial charge on any atom is 0.179 e. The minimum atomic E-state index is -3.09. The highest BCUT2D eigenvalue weighted by Crippen LogP contribution is 2.11. The highest BCUT2D eigenvalue weighted by molar-refractivity contribution is 7.90. The molecule has 0 radical (unpaired) electrons. The standard InChI is InChI=1S/C11H14ClNO3S/c1-17(15,16)7-6-10(13)11(14)8-2-4-9(12)5-3-8/h2-5,10H,6-7,13H2,1H3. The molecule has 17 heavy (non-hydrogen) atoms. The van der Waals surface area contributed by atoms with Crippen molar-refractivity contribution < 1.29 is 13.2 Å². The highest BCUT2D eigenvalue weighted by atomic mass is 35.5. The van der Waals surface area contributed by atoms with Gasteiger partial charge in [0.2, 0.25) is 0 Å². The van der Waals surface area contributed by atoms with Crippen molar-refractivity contribution in [2.24, 2.45) is 5.73 Å². The monoisotopic (exact) mass is 275 g/mol. The van der Waals surface area contributed by atoms with Crippen LogP contribution in [0.5, 0.6) is 0 Å². The number of Topliss-reactive ketones (excluding diaryl/α,β-unsaturated/α-hetero) is 1. The molecule has 0 spiro atoms. The molecule has 4 nitrogen and oxygen atoms in total. The molecule has 0 amide bonds. The third kappa shape index (κ3) is 4.85.